The van der Waals surface area contributed by atoms with Crippen LogP contribution in [0.1, 0.15) is 25.0 Å². The molecule has 112 valence electrons. The first-order chi connectivity index (χ1) is 9.63. The number of piperidine rings is 1. The molecular weight excluding hydrogens is 260 g/mol. The van der Waals surface area contributed by atoms with Crippen LogP contribution in [0, 0.1) is 6.92 Å². The third-order valence-corrected chi connectivity index (χ3v) is 3.29. The molecule has 1 aromatic heterocycles. The summed E-state index contributed by atoms with van der Waals surface area (Å²) in [6, 6.07) is 1.24. The molecule has 1 aliphatic heterocycles. The number of rotatable bonds is 5. The number of anilines is 1. The fraction of sp³-hybridized carbons (Fsp3) is 0.692. The standard InChI is InChI=1S/C13H22N4O3/c1-10-7-12(16-20-10)15-13(19)14-8-11(18)9-17-5-3-2-4-6-17/h7,11,18H,2-6,8-9H2,1H3,(H2,14,15,16,19)/t11-/m0/s1. The predicted molar refractivity (Wildman–Crippen MR) is 74.6 cm³/mol. The maximum atomic E-state index is 11.6. The van der Waals surface area contributed by atoms with Gasteiger partial charge in [-0.25, -0.2) is 4.79 Å². The Morgan fingerprint density at radius 3 is 2.90 bits per heavy atom. The highest BCUT2D eigenvalue weighted by atomic mass is 16.5. The molecule has 20 heavy (non-hydrogen) atoms. The summed E-state index contributed by atoms with van der Waals surface area (Å²) >= 11 is 0. The van der Waals surface area contributed by atoms with Crippen molar-refractivity contribution in [1.29, 1.82) is 0 Å². The topological polar surface area (TPSA) is 90.6 Å². The lowest BCUT2D eigenvalue weighted by molar-refractivity contribution is 0.102. The van der Waals surface area contributed by atoms with E-state index in [1.54, 1.807) is 13.0 Å². The Kier molecular flexibility index (Phi) is 5.37. The van der Waals surface area contributed by atoms with Gasteiger partial charge in [0.2, 0.25) is 0 Å². The molecule has 2 heterocycles. The number of carbonyl (C=O) groups excluding carboxylic acids is 1. The molecule has 0 spiro atoms. The number of β-amino-alcohol motifs (C(OH)–C–C–N with tert-alkyl or cyclic N) is 1. The van der Waals surface area contributed by atoms with Crippen LogP contribution in [0.15, 0.2) is 10.6 Å². The van der Waals surface area contributed by atoms with Crippen molar-refractivity contribution in [2.24, 2.45) is 0 Å². The molecule has 0 aliphatic carbocycles. The molecular formula is C13H22N4O3. The number of likely N-dealkylation sites (tertiary alicyclic amines) is 1. The van der Waals surface area contributed by atoms with Crippen molar-refractivity contribution in [3.8, 4) is 0 Å². The summed E-state index contributed by atoms with van der Waals surface area (Å²) in [6.45, 7) is 4.63. The first kappa shape index (κ1) is 14.8. The smallest absolute Gasteiger partial charge is 0.320 e. The van der Waals surface area contributed by atoms with Crippen molar-refractivity contribution in [3.63, 3.8) is 0 Å². The number of aryl methyl sites for hydroxylation is 1. The molecule has 3 N–H and O–H groups in total. The van der Waals surface area contributed by atoms with Gasteiger partial charge in [0.1, 0.15) is 5.76 Å². The Labute approximate surface area is 118 Å². The largest absolute Gasteiger partial charge is 0.390 e. The molecule has 1 atom stereocenters. The molecule has 1 aliphatic rings. The minimum atomic E-state index is -0.558. The zero-order chi connectivity index (χ0) is 14.4. The number of hydrogen-bond acceptors (Lipinski definition) is 5. The van der Waals surface area contributed by atoms with Gasteiger partial charge in [0.05, 0.1) is 6.10 Å². The number of aliphatic hydroxyl groups is 1. The van der Waals surface area contributed by atoms with Crippen LogP contribution in [0.4, 0.5) is 10.6 Å². The SMILES string of the molecule is Cc1cc(NC(=O)NC[C@H](O)CN2CCCCC2)no1. The van der Waals surface area contributed by atoms with Crippen molar-refractivity contribution >= 4 is 11.8 Å². The number of urea groups is 1. The van der Waals surface area contributed by atoms with Gasteiger partial charge in [0.25, 0.3) is 0 Å². The number of aromatic nitrogens is 1. The van der Waals surface area contributed by atoms with Gasteiger partial charge in [0, 0.05) is 19.2 Å². The summed E-state index contributed by atoms with van der Waals surface area (Å²) < 4.78 is 4.84. The Bertz CT molecular complexity index is 429. The maximum absolute atomic E-state index is 11.6. The zero-order valence-corrected chi connectivity index (χ0v) is 11.8. The fourth-order valence-corrected chi connectivity index (χ4v) is 2.30. The molecule has 7 heteroatoms. The Morgan fingerprint density at radius 1 is 1.50 bits per heavy atom. The molecule has 7 nitrogen and oxygen atoms in total. The molecule has 2 rings (SSSR count). The molecule has 2 amide bonds. The van der Waals surface area contributed by atoms with E-state index < -0.39 is 12.1 Å². The quantitative estimate of drug-likeness (QED) is 0.748. The third-order valence-electron chi connectivity index (χ3n) is 3.29. The minimum Gasteiger partial charge on any atom is -0.390 e. The van der Waals surface area contributed by atoms with Crippen LogP contribution < -0.4 is 10.6 Å². The number of hydrogen-bond donors (Lipinski definition) is 3. The summed E-state index contributed by atoms with van der Waals surface area (Å²) in [4.78, 5) is 13.8. The molecule has 0 saturated carbocycles. The van der Waals surface area contributed by atoms with E-state index >= 15 is 0 Å². The summed E-state index contributed by atoms with van der Waals surface area (Å²) in [5.74, 6) is 0.996. The van der Waals surface area contributed by atoms with E-state index in [0.717, 1.165) is 13.1 Å². The Hall–Kier alpha value is -1.60. The Morgan fingerprint density at radius 2 is 2.25 bits per heavy atom. The lowest BCUT2D eigenvalue weighted by Gasteiger charge is -2.28. The van der Waals surface area contributed by atoms with Crippen LogP contribution in [0.5, 0.6) is 0 Å². The number of nitrogens with zero attached hydrogens (tertiary/aromatic N) is 2. The second-order valence-corrected chi connectivity index (χ2v) is 5.17. The molecule has 0 aromatic carbocycles. The number of carbonyl (C=O) groups is 1. The van der Waals surface area contributed by atoms with Crippen molar-refractivity contribution in [3.05, 3.63) is 11.8 Å². The lowest BCUT2D eigenvalue weighted by atomic mass is 10.1. The van der Waals surface area contributed by atoms with Crippen LogP contribution in [-0.2, 0) is 0 Å². The number of nitrogens with one attached hydrogen (secondary N) is 2. The van der Waals surface area contributed by atoms with E-state index in [-0.39, 0.29) is 6.54 Å². The first-order valence-corrected chi connectivity index (χ1v) is 7.02. The minimum absolute atomic E-state index is 0.221. The highest BCUT2D eigenvalue weighted by molar-refractivity contribution is 5.88. The van der Waals surface area contributed by atoms with Gasteiger partial charge >= 0.3 is 6.03 Å². The van der Waals surface area contributed by atoms with Crippen molar-refractivity contribution < 1.29 is 14.4 Å². The van der Waals surface area contributed by atoms with Gasteiger partial charge in [0.15, 0.2) is 5.82 Å². The maximum Gasteiger partial charge on any atom is 0.320 e. The molecule has 0 radical (unpaired) electrons. The Balaban J connectivity index is 1.64. The average Bonchev–Trinajstić information content (AvgIpc) is 2.83. The van der Waals surface area contributed by atoms with Crippen molar-refractivity contribution in [2.75, 3.05) is 31.5 Å². The highest BCUT2D eigenvalue weighted by Gasteiger charge is 2.15. The van der Waals surface area contributed by atoms with Gasteiger partial charge in [-0.2, -0.15) is 0 Å². The summed E-state index contributed by atoms with van der Waals surface area (Å²) in [5, 5.41) is 18.7. The molecule has 1 fully saturated rings. The van der Waals surface area contributed by atoms with Crippen molar-refractivity contribution in [1.82, 2.24) is 15.4 Å². The summed E-state index contributed by atoms with van der Waals surface area (Å²) in [6.07, 6.45) is 3.08. The van der Waals surface area contributed by atoms with Crippen LogP contribution in [-0.4, -0.2) is 53.5 Å². The van der Waals surface area contributed by atoms with Crippen LogP contribution in [0.25, 0.3) is 0 Å². The van der Waals surface area contributed by atoms with Gasteiger partial charge in [-0.05, 0) is 32.9 Å². The second-order valence-electron chi connectivity index (χ2n) is 5.17. The third kappa shape index (κ3) is 4.82. The number of amides is 2. The van der Waals surface area contributed by atoms with E-state index in [1.807, 2.05) is 0 Å². The van der Waals surface area contributed by atoms with E-state index in [1.165, 1.54) is 19.3 Å². The van der Waals surface area contributed by atoms with Gasteiger partial charge in [-0.1, -0.05) is 11.6 Å². The predicted octanol–water partition coefficient (Wildman–Crippen LogP) is 0.951. The highest BCUT2D eigenvalue weighted by Crippen LogP contribution is 2.09. The monoisotopic (exact) mass is 282 g/mol. The fourth-order valence-electron chi connectivity index (χ4n) is 2.30. The lowest BCUT2D eigenvalue weighted by Crippen LogP contribution is -2.43. The first-order valence-electron chi connectivity index (χ1n) is 7.02. The van der Waals surface area contributed by atoms with Crippen LogP contribution >= 0.6 is 0 Å². The summed E-state index contributed by atoms with van der Waals surface area (Å²) in [7, 11) is 0. The second kappa shape index (κ2) is 7.25. The molecule has 0 unspecified atom stereocenters. The van der Waals surface area contributed by atoms with E-state index in [0.29, 0.717) is 18.1 Å². The number of aliphatic hydroxyl groups excluding tert-OH is 1. The van der Waals surface area contributed by atoms with E-state index in [2.05, 4.69) is 20.7 Å². The molecule has 1 saturated heterocycles. The van der Waals surface area contributed by atoms with Crippen LogP contribution in [0.3, 0.4) is 0 Å². The molecule has 1 aromatic rings. The normalized spacial score (nSPS) is 17.7. The van der Waals surface area contributed by atoms with Crippen LogP contribution in [0.2, 0.25) is 0 Å². The van der Waals surface area contributed by atoms with E-state index in [4.69, 9.17) is 4.52 Å². The van der Waals surface area contributed by atoms with Gasteiger partial charge < -0.3 is 19.8 Å². The van der Waals surface area contributed by atoms with Gasteiger partial charge in [-0.3, -0.25) is 5.32 Å². The van der Waals surface area contributed by atoms with Gasteiger partial charge in [-0.15, -0.1) is 0 Å². The average molecular weight is 282 g/mol. The zero-order valence-electron chi connectivity index (χ0n) is 11.8. The summed E-state index contributed by atoms with van der Waals surface area (Å²) in [5.41, 5.74) is 0. The van der Waals surface area contributed by atoms with E-state index in [9.17, 15) is 9.90 Å². The molecule has 0 bridgehead atoms. The van der Waals surface area contributed by atoms with Crippen molar-refractivity contribution in [2.45, 2.75) is 32.3 Å².